The molecule has 1 atom stereocenters. The first-order chi connectivity index (χ1) is 8.75. The molecule has 98 valence electrons. The van der Waals surface area contributed by atoms with Crippen molar-refractivity contribution in [3.05, 3.63) is 35.9 Å². The molecule has 0 bridgehead atoms. The van der Waals surface area contributed by atoms with Gasteiger partial charge in [0.05, 0.1) is 6.54 Å². The monoisotopic (exact) mass is 247 g/mol. The van der Waals surface area contributed by atoms with Gasteiger partial charge >= 0.3 is 5.97 Å². The van der Waals surface area contributed by atoms with Crippen molar-refractivity contribution in [3.63, 3.8) is 0 Å². The molecular weight excluding hydrogens is 226 g/mol. The molecule has 1 aromatic rings. The van der Waals surface area contributed by atoms with Crippen molar-refractivity contribution in [2.75, 3.05) is 13.1 Å². The maximum Gasteiger partial charge on any atom is 0.317 e. The van der Waals surface area contributed by atoms with E-state index in [0.29, 0.717) is 6.04 Å². The van der Waals surface area contributed by atoms with Crippen molar-refractivity contribution in [1.82, 2.24) is 4.90 Å². The standard InChI is InChI=1S/C15H21NO2/c17-15(18)12-16-11-5-10-14(16)9-4-8-13-6-2-1-3-7-13/h1-3,6-7,14H,4-5,8-12H2,(H,17,18). The molecule has 1 fully saturated rings. The number of benzene rings is 1. The lowest BCUT2D eigenvalue weighted by molar-refractivity contribution is -0.138. The minimum Gasteiger partial charge on any atom is -0.480 e. The Hall–Kier alpha value is -1.35. The first-order valence-electron chi connectivity index (χ1n) is 6.75. The predicted molar refractivity (Wildman–Crippen MR) is 71.6 cm³/mol. The molecule has 0 aliphatic carbocycles. The molecule has 1 unspecified atom stereocenters. The Labute approximate surface area is 108 Å². The summed E-state index contributed by atoms with van der Waals surface area (Å²) in [6.07, 6.45) is 5.65. The Morgan fingerprint density at radius 3 is 2.83 bits per heavy atom. The van der Waals surface area contributed by atoms with Crippen molar-refractivity contribution < 1.29 is 9.90 Å². The highest BCUT2D eigenvalue weighted by molar-refractivity contribution is 5.69. The normalized spacial score (nSPS) is 20.1. The Kier molecular flexibility index (Phi) is 4.76. The van der Waals surface area contributed by atoms with Gasteiger partial charge in [-0.2, -0.15) is 0 Å². The molecule has 3 nitrogen and oxygen atoms in total. The van der Waals surface area contributed by atoms with Crippen LogP contribution in [0.25, 0.3) is 0 Å². The number of carboxylic acid groups (broad SMARTS) is 1. The first-order valence-corrected chi connectivity index (χ1v) is 6.75. The second-order valence-electron chi connectivity index (χ2n) is 5.04. The highest BCUT2D eigenvalue weighted by Crippen LogP contribution is 2.21. The van der Waals surface area contributed by atoms with E-state index in [-0.39, 0.29) is 6.54 Å². The molecule has 0 spiro atoms. The third-order valence-electron chi connectivity index (χ3n) is 3.68. The average Bonchev–Trinajstić information content (AvgIpc) is 2.77. The second-order valence-corrected chi connectivity index (χ2v) is 5.04. The summed E-state index contributed by atoms with van der Waals surface area (Å²) in [5.74, 6) is -0.704. The van der Waals surface area contributed by atoms with Crippen LogP contribution in [-0.2, 0) is 11.2 Å². The summed E-state index contributed by atoms with van der Waals surface area (Å²) in [4.78, 5) is 12.9. The van der Waals surface area contributed by atoms with Crippen LogP contribution in [0.15, 0.2) is 30.3 Å². The predicted octanol–water partition coefficient (Wildman–Crippen LogP) is 2.56. The van der Waals surface area contributed by atoms with E-state index in [1.807, 2.05) is 6.07 Å². The fourth-order valence-electron chi connectivity index (χ4n) is 2.79. The SMILES string of the molecule is O=C(O)CN1CCCC1CCCc1ccccc1. The molecule has 1 aromatic carbocycles. The van der Waals surface area contributed by atoms with Gasteiger partial charge in [-0.05, 0) is 44.2 Å². The van der Waals surface area contributed by atoms with Crippen molar-refractivity contribution >= 4 is 5.97 Å². The lowest BCUT2D eigenvalue weighted by atomic mass is 10.0. The minimum atomic E-state index is -0.704. The summed E-state index contributed by atoms with van der Waals surface area (Å²) in [6.45, 7) is 1.15. The largest absolute Gasteiger partial charge is 0.480 e. The van der Waals surface area contributed by atoms with E-state index < -0.39 is 5.97 Å². The van der Waals surface area contributed by atoms with Gasteiger partial charge in [-0.1, -0.05) is 30.3 Å². The zero-order valence-electron chi connectivity index (χ0n) is 10.7. The number of hydrogen-bond acceptors (Lipinski definition) is 2. The molecule has 1 aliphatic heterocycles. The number of hydrogen-bond donors (Lipinski definition) is 1. The van der Waals surface area contributed by atoms with E-state index in [9.17, 15) is 4.79 Å². The molecule has 18 heavy (non-hydrogen) atoms. The maximum absolute atomic E-state index is 10.8. The van der Waals surface area contributed by atoms with Crippen molar-refractivity contribution in [2.45, 2.75) is 38.1 Å². The van der Waals surface area contributed by atoms with Gasteiger partial charge in [0.15, 0.2) is 0 Å². The number of likely N-dealkylation sites (tertiary alicyclic amines) is 1. The van der Waals surface area contributed by atoms with Gasteiger partial charge < -0.3 is 5.11 Å². The molecule has 1 N–H and O–H groups in total. The van der Waals surface area contributed by atoms with E-state index in [2.05, 4.69) is 29.2 Å². The molecule has 0 radical (unpaired) electrons. The topological polar surface area (TPSA) is 40.5 Å². The number of aryl methyl sites for hydroxylation is 1. The fourth-order valence-corrected chi connectivity index (χ4v) is 2.79. The van der Waals surface area contributed by atoms with Crippen LogP contribution < -0.4 is 0 Å². The first kappa shape index (κ1) is 13.1. The van der Waals surface area contributed by atoms with Crippen LogP contribution in [0.5, 0.6) is 0 Å². The molecule has 1 saturated heterocycles. The van der Waals surface area contributed by atoms with Crippen molar-refractivity contribution in [2.24, 2.45) is 0 Å². The van der Waals surface area contributed by atoms with Crippen LogP contribution in [0, 0.1) is 0 Å². The minimum absolute atomic E-state index is 0.204. The van der Waals surface area contributed by atoms with Gasteiger partial charge in [-0.15, -0.1) is 0 Å². The van der Waals surface area contributed by atoms with E-state index in [0.717, 1.165) is 38.6 Å². The summed E-state index contributed by atoms with van der Waals surface area (Å²) < 4.78 is 0. The molecule has 1 aliphatic rings. The Morgan fingerprint density at radius 1 is 1.33 bits per heavy atom. The van der Waals surface area contributed by atoms with E-state index in [1.165, 1.54) is 5.56 Å². The smallest absolute Gasteiger partial charge is 0.317 e. The van der Waals surface area contributed by atoms with Crippen LogP contribution in [0.2, 0.25) is 0 Å². The van der Waals surface area contributed by atoms with Crippen LogP contribution in [0.1, 0.15) is 31.2 Å². The summed E-state index contributed by atoms with van der Waals surface area (Å²) in [7, 11) is 0. The van der Waals surface area contributed by atoms with Gasteiger partial charge in [0.2, 0.25) is 0 Å². The summed E-state index contributed by atoms with van der Waals surface area (Å²) >= 11 is 0. The Balaban J connectivity index is 1.74. The van der Waals surface area contributed by atoms with E-state index in [4.69, 9.17) is 5.11 Å². The zero-order valence-corrected chi connectivity index (χ0v) is 10.7. The number of carboxylic acids is 1. The molecular formula is C15H21NO2. The molecule has 0 amide bonds. The van der Waals surface area contributed by atoms with Gasteiger partial charge in [0.1, 0.15) is 0 Å². The van der Waals surface area contributed by atoms with Gasteiger partial charge in [0, 0.05) is 6.04 Å². The molecule has 0 saturated carbocycles. The van der Waals surface area contributed by atoms with Crippen molar-refractivity contribution in [3.8, 4) is 0 Å². The second kappa shape index (κ2) is 6.55. The Bertz CT molecular complexity index is 377. The zero-order chi connectivity index (χ0) is 12.8. The molecule has 1 heterocycles. The average molecular weight is 247 g/mol. The third kappa shape index (κ3) is 3.84. The van der Waals surface area contributed by atoms with E-state index in [1.54, 1.807) is 0 Å². The third-order valence-corrected chi connectivity index (χ3v) is 3.68. The fraction of sp³-hybridized carbons (Fsp3) is 0.533. The van der Waals surface area contributed by atoms with Crippen molar-refractivity contribution in [1.29, 1.82) is 0 Å². The lowest BCUT2D eigenvalue weighted by Crippen LogP contribution is -2.34. The lowest BCUT2D eigenvalue weighted by Gasteiger charge is -2.22. The van der Waals surface area contributed by atoms with E-state index >= 15 is 0 Å². The van der Waals surface area contributed by atoms with Gasteiger partial charge in [-0.25, -0.2) is 0 Å². The number of rotatable bonds is 6. The number of nitrogens with zero attached hydrogens (tertiary/aromatic N) is 1. The van der Waals surface area contributed by atoms with Gasteiger partial charge in [0.25, 0.3) is 0 Å². The van der Waals surface area contributed by atoms with Crippen LogP contribution in [-0.4, -0.2) is 35.1 Å². The highest BCUT2D eigenvalue weighted by atomic mass is 16.4. The number of aliphatic carboxylic acids is 1. The summed E-state index contributed by atoms with van der Waals surface area (Å²) in [5, 5.41) is 8.85. The van der Waals surface area contributed by atoms with Crippen LogP contribution in [0.3, 0.4) is 0 Å². The highest BCUT2D eigenvalue weighted by Gasteiger charge is 2.25. The molecule has 0 aromatic heterocycles. The molecule has 3 heteroatoms. The van der Waals surface area contributed by atoms with Crippen LogP contribution in [0.4, 0.5) is 0 Å². The van der Waals surface area contributed by atoms with Gasteiger partial charge in [-0.3, -0.25) is 9.69 Å². The maximum atomic E-state index is 10.8. The Morgan fingerprint density at radius 2 is 2.11 bits per heavy atom. The molecule has 2 rings (SSSR count). The summed E-state index contributed by atoms with van der Waals surface area (Å²) in [5.41, 5.74) is 1.38. The van der Waals surface area contributed by atoms with Crippen LogP contribution >= 0.6 is 0 Å². The quantitative estimate of drug-likeness (QED) is 0.840. The number of carbonyl (C=O) groups is 1. The summed E-state index contributed by atoms with van der Waals surface area (Å²) in [6, 6.07) is 11.0.